The summed E-state index contributed by atoms with van der Waals surface area (Å²) in [5.74, 6) is -0.309. The second-order valence-electron chi connectivity index (χ2n) is 6.79. The lowest BCUT2D eigenvalue weighted by atomic mass is 10.0. The van der Waals surface area contributed by atoms with E-state index in [9.17, 15) is 13.2 Å². The number of nitrogens with one attached hydrogen (secondary N) is 1. The lowest BCUT2D eigenvalue weighted by Crippen LogP contribution is -2.29. The molecule has 3 rings (SSSR count). The van der Waals surface area contributed by atoms with Crippen LogP contribution in [0.3, 0.4) is 0 Å². The normalized spacial score (nSPS) is 12.2. The van der Waals surface area contributed by atoms with E-state index in [-0.39, 0.29) is 21.9 Å². The third-order valence-electron chi connectivity index (χ3n) is 4.88. The van der Waals surface area contributed by atoms with Crippen molar-refractivity contribution in [1.82, 2.24) is 5.32 Å². The van der Waals surface area contributed by atoms with Gasteiger partial charge in [0.2, 0.25) is 0 Å². The molecule has 0 radical (unpaired) electrons. The van der Waals surface area contributed by atoms with Crippen molar-refractivity contribution in [2.75, 3.05) is 11.4 Å². The Morgan fingerprint density at radius 3 is 2.17 bits per heavy atom. The number of rotatable bonds is 7. The molecule has 0 aromatic heterocycles. The average molecular weight is 443 g/mol. The Labute approximate surface area is 182 Å². The van der Waals surface area contributed by atoms with Crippen molar-refractivity contribution in [2.45, 2.75) is 24.3 Å². The van der Waals surface area contributed by atoms with Gasteiger partial charge in [0.05, 0.1) is 27.2 Å². The van der Waals surface area contributed by atoms with Gasteiger partial charge < -0.3 is 5.32 Å². The summed E-state index contributed by atoms with van der Waals surface area (Å²) in [7, 11) is -2.27. The molecule has 5 nitrogen and oxygen atoms in total. The van der Waals surface area contributed by atoms with Crippen LogP contribution in [0, 0.1) is 0 Å². The summed E-state index contributed by atoms with van der Waals surface area (Å²) in [4.78, 5) is 13.0. The first-order chi connectivity index (χ1) is 14.3. The number of anilines is 1. The van der Waals surface area contributed by atoms with Gasteiger partial charge in [-0.1, -0.05) is 67.1 Å². The molecular weight excluding hydrogens is 420 g/mol. The molecule has 3 aromatic carbocycles. The highest BCUT2D eigenvalue weighted by Crippen LogP contribution is 2.28. The summed E-state index contributed by atoms with van der Waals surface area (Å²) in [5.41, 5.74) is 1.67. The van der Waals surface area contributed by atoms with Gasteiger partial charge >= 0.3 is 0 Å². The van der Waals surface area contributed by atoms with Crippen LogP contribution in [0.2, 0.25) is 5.02 Å². The van der Waals surface area contributed by atoms with E-state index in [0.29, 0.717) is 11.3 Å². The number of amides is 1. The Balaban J connectivity index is 1.82. The van der Waals surface area contributed by atoms with Gasteiger partial charge in [-0.15, -0.1) is 0 Å². The van der Waals surface area contributed by atoms with E-state index in [2.05, 4.69) is 5.32 Å². The molecule has 0 saturated heterocycles. The molecule has 7 heteroatoms. The van der Waals surface area contributed by atoms with Gasteiger partial charge in [0.1, 0.15) is 0 Å². The first-order valence-electron chi connectivity index (χ1n) is 9.54. The molecule has 0 aliphatic carbocycles. The van der Waals surface area contributed by atoms with E-state index in [0.717, 1.165) is 16.3 Å². The van der Waals surface area contributed by atoms with Crippen molar-refractivity contribution in [1.29, 1.82) is 0 Å². The van der Waals surface area contributed by atoms with Gasteiger partial charge in [0.15, 0.2) is 0 Å². The van der Waals surface area contributed by atoms with Gasteiger partial charge in [0.25, 0.3) is 15.9 Å². The molecule has 1 N–H and O–H groups in total. The van der Waals surface area contributed by atoms with Crippen LogP contribution in [-0.4, -0.2) is 21.4 Å². The standard InChI is InChI=1S/C23H23ClN2O3S/c1-3-22(17-10-6-4-7-11-17)25-23(27)20-15-14-18(16-21(20)24)26(2)30(28,29)19-12-8-5-9-13-19/h4-16,22H,3H2,1-2H3,(H,25,27)/t22-/m0/s1. The fourth-order valence-electron chi connectivity index (χ4n) is 3.12. The Morgan fingerprint density at radius 1 is 1.00 bits per heavy atom. The first-order valence-corrected chi connectivity index (χ1v) is 11.4. The third kappa shape index (κ3) is 4.66. The van der Waals surface area contributed by atoms with Crippen LogP contribution in [0.15, 0.2) is 83.8 Å². The summed E-state index contributed by atoms with van der Waals surface area (Å²) in [5, 5.41) is 3.17. The number of halogens is 1. The number of hydrogen-bond acceptors (Lipinski definition) is 3. The fraction of sp³-hybridized carbons (Fsp3) is 0.174. The van der Waals surface area contributed by atoms with Gasteiger partial charge in [-0.05, 0) is 42.3 Å². The van der Waals surface area contributed by atoms with Crippen LogP contribution in [0.5, 0.6) is 0 Å². The van der Waals surface area contributed by atoms with E-state index >= 15 is 0 Å². The zero-order chi connectivity index (χ0) is 21.7. The third-order valence-corrected chi connectivity index (χ3v) is 6.99. The van der Waals surface area contributed by atoms with E-state index < -0.39 is 10.0 Å². The molecule has 1 amide bonds. The van der Waals surface area contributed by atoms with Crippen molar-refractivity contribution in [2.24, 2.45) is 0 Å². The molecule has 0 aliphatic rings. The molecular formula is C23H23ClN2O3S. The zero-order valence-corrected chi connectivity index (χ0v) is 18.3. The molecule has 0 heterocycles. The molecule has 0 fully saturated rings. The van der Waals surface area contributed by atoms with Crippen LogP contribution in [0.25, 0.3) is 0 Å². The molecule has 0 spiro atoms. The molecule has 0 unspecified atom stereocenters. The maximum absolute atomic E-state index is 12.8. The molecule has 156 valence electrons. The number of carbonyl (C=O) groups is 1. The molecule has 0 saturated carbocycles. The Kier molecular flexibility index (Phi) is 6.80. The maximum atomic E-state index is 12.8. The van der Waals surface area contributed by atoms with Crippen molar-refractivity contribution >= 4 is 33.2 Å². The van der Waals surface area contributed by atoms with E-state index in [1.807, 2.05) is 37.3 Å². The van der Waals surface area contributed by atoms with E-state index in [4.69, 9.17) is 11.6 Å². The van der Waals surface area contributed by atoms with Crippen molar-refractivity contribution in [3.05, 3.63) is 95.0 Å². The molecule has 0 bridgehead atoms. The molecule has 1 atom stereocenters. The zero-order valence-electron chi connectivity index (χ0n) is 16.7. The highest BCUT2D eigenvalue weighted by Gasteiger charge is 2.23. The van der Waals surface area contributed by atoms with Crippen LogP contribution < -0.4 is 9.62 Å². The molecule has 3 aromatic rings. The number of benzene rings is 3. The number of hydrogen-bond donors (Lipinski definition) is 1. The Hall–Kier alpha value is -2.83. The van der Waals surface area contributed by atoms with Gasteiger partial charge in [0, 0.05) is 7.05 Å². The largest absolute Gasteiger partial charge is 0.345 e. The maximum Gasteiger partial charge on any atom is 0.264 e. The predicted molar refractivity (Wildman–Crippen MR) is 120 cm³/mol. The lowest BCUT2D eigenvalue weighted by molar-refractivity contribution is 0.0935. The quantitative estimate of drug-likeness (QED) is 0.557. The topological polar surface area (TPSA) is 66.5 Å². The monoisotopic (exact) mass is 442 g/mol. The first kappa shape index (κ1) is 21.9. The van der Waals surface area contributed by atoms with Gasteiger partial charge in [-0.3, -0.25) is 9.10 Å². The van der Waals surface area contributed by atoms with Crippen LogP contribution in [0.4, 0.5) is 5.69 Å². The SMILES string of the molecule is CC[C@H](NC(=O)c1ccc(N(C)S(=O)(=O)c2ccccc2)cc1Cl)c1ccccc1. The smallest absolute Gasteiger partial charge is 0.264 e. The predicted octanol–water partition coefficient (Wildman–Crippen LogP) is 5.05. The van der Waals surface area contributed by atoms with Crippen molar-refractivity contribution in [3.8, 4) is 0 Å². The highest BCUT2D eigenvalue weighted by molar-refractivity contribution is 7.92. The summed E-state index contributed by atoms with van der Waals surface area (Å²) in [6.45, 7) is 1.99. The highest BCUT2D eigenvalue weighted by atomic mass is 35.5. The van der Waals surface area contributed by atoms with Crippen molar-refractivity contribution < 1.29 is 13.2 Å². The summed E-state index contributed by atoms with van der Waals surface area (Å²) in [6.07, 6.45) is 0.726. The lowest BCUT2D eigenvalue weighted by Gasteiger charge is -2.21. The average Bonchev–Trinajstić information content (AvgIpc) is 2.77. The molecule has 30 heavy (non-hydrogen) atoms. The second kappa shape index (κ2) is 9.32. The fourth-order valence-corrected chi connectivity index (χ4v) is 4.58. The summed E-state index contributed by atoms with van der Waals surface area (Å²) >= 11 is 6.35. The number of sulfonamides is 1. The number of carbonyl (C=O) groups excluding carboxylic acids is 1. The minimum absolute atomic E-state index is 0.143. The Morgan fingerprint density at radius 2 is 1.60 bits per heavy atom. The summed E-state index contributed by atoms with van der Waals surface area (Å²) in [6, 6.07) is 22.3. The van der Waals surface area contributed by atoms with Crippen LogP contribution >= 0.6 is 11.6 Å². The van der Waals surface area contributed by atoms with Gasteiger partial charge in [-0.2, -0.15) is 0 Å². The summed E-state index contributed by atoms with van der Waals surface area (Å²) < 4.78 is 26.8. The Bertz CT molecular complexity index is 1120. The van der Waals surface area contributed by atoms with Crippen LogP contribution in [-0.2, 0) is 10.0 Å². The van der Waals surface area contributed by atoms with Crippen molar-refractivity contribution in [3.63, 3.8) is 0 Å². The minimum Gasteiger partial charge on any atom is -0.345 e. The minimum atomic E-state index is -3.73. The van der Waals surface area contributed by atoms with E-state index in [1.165, 1.54) is 25.2 Å². The number of nitrogens with zero attached hydrogens (tertiary/aromatic N) is 1. The van der Waals surface area contributed by atoms with Crippen LogP contribution in [0.1, 0.15) is 35.3 Å². The molecule has 0 aliphatic heterocycles. The van der Waals surface area contributed by atoms with Gasteiger partial charge in [-0.25, -0.2) is 8.42 Å². The second-order valence-corrected chi connectivity index (χ2v) is 9.17. The van der Waals surface area contributed by atoms with E-state index in [1.54, 1.807) is 30.3 Å².